The largest absolute Gasteiger partial charge is 0.492 e. The zero-order valence-corrected chi connectivity index (χ0v) is 24.3. The molecular formula is C32H37ClFN3O3. The molecule has 1 heterocycles. The average Bonchev–Trinajstić information content (AvgIpc) is 2.96. The summed E-state index contributed by atoms with van der Waals surface area (Å²) in [5, 5.41) is 0.588. The summed E-state index contributed by atoms with van der Waals surface area (Å²) in [4.78, 5) is 33.0. The smallest absolute Gasteiger partial charge is 0.258 e. The van der Waals surface area contributed by atoms with Crippen molar-refractivity contribution in [3.05, 3.63) is 88.7 Å². The maximum absolute atomic E-state index is 13.7. The van der Waals surface area contributed by atoms with Crippen LogP contribution in [0.3, 0.4) is 0 Å². The normalized spacial score (nSPS) is 16.5. The highest BCUT2D eigenvalue weighted by atomic mass is 35.5. The second-order valence-corrected chi connectivity index (χ2v) is 10.4. The maximum Gasteiger partial charge on any atom is 0.258 e. The molecule has 0 spiro atoms. The number of hydrogen-bond donors (Lipinski definition) is 0. The van der Waals surface area contributed by atoms with Gasteiger partial charge >= 0.3 is 0 Å². The Labute approximate surface area is 241 Å². The highest BCUT2D eigenvalue weighted by Gasteiger charge is 2.39. The van der Waals surface area contributed by atoms with Crippen molar-refractivity contribution in [2.24, 2.45) is 0 Å². The highest BCUT2D eigenvalue weighted by Crippen LogP contribution is 2.44. The number of ether oxygens (including phenoxy) is 1. The van der Waals surface area contributed by atoms with Crippen LogP contribution in [0.5, 0.6) is 5.75 Å². The lowest BCUT2D eigenvalue weighted by atomic mass is 9.89. The van der Waals surface area contributed by atoms with Crippen LogP contribution < -0.4 is 14.5 Å². The minimum absolute atomic E-state index is 0.0309. The van der Waals surface area contributed by atoms with E-state index < -0.39 is 5.82 Å². The Morgan fingerprint density at radius 2 is 1.68 bits per heavy atom. The second kappa shape index (κ2) is 13.3. The first-order valence-corrected chi connectivity index (χ1v) is 14.3. The standard InChI is InChI=1S/C32H37ClFN3O3/c1-5-31(38)37(26-14-10-24(33)11-15-26)30-20-22(4)36(32(39)23-8-12-25(34)13-9-23)29-17-16-27(21-28(29)30)40-19-18-35(6-2)7-3/h8-17,21-22,30H,5-7,18-20H2,1-4H3/t22-,30+/m1/s1. The van der Waals surface area contributed by atoms with Crippen LogP contribution in [0.25, 0.3) is 0 Å². The molecule has 0 aliphatic carbocycles. The zero-order chi connectivity index (χ0) is 28.8. The fourth-order valence-electron chi connectivity index (χ4n) is 5.29. The fraction of sp³-hybridized carbons (Fsp3) is 0.375. The number of fused-ring (bicyclic) bond motifs is 1. The number of anilines is 2. The number of hydrogen-bond acceptors (Lipinski definition) is 4. The van der Waals surface area contributed by atoms with E-state index in [1.54, 1.807) is 17.0 Å². The van der Waals surface area contributed by atoms with Crippen LogP contribution in [0.2, 0.25) is 5.02 Å². The van der Waals surface area contributed by atoms with Crippen LogP contribution in [0.15, 0.2) is 66.7 Å². The van der Waals surface area contributed by atoms with Crippen molar-refractivity contribution in [1.29, 1.82) is 0 Å². The molecule has 4 rings (SSSR count). The molecule has 1 aliphatic rings. The molecule has 0 saturated carbocycles. The minimum Gasteiger partial charge on any atom is -0.492 e. The predicted octanol–water partition coefficient (Wildman–Crippen LogP) is 7.12. The lowest BCUT2D eigenvalue weighted by molar-refractivity contribution is -0.118. The number of amides is 2. The molecular weight excluding hydrogens is 529 g/mol. The number of carbonyl (C=O) groups is 2. The number of nitrogens with zero attached hydrogens (tertiary/aromatic N) is 3. The Bertz CT molecular complexity index is 1310. The van der Waals surface area contributed by atoms with Crippen LogP contribution in [0.4, 0.5) is 15.8 Å². The van der Waals surface area contributed by atoms with Crippen molar-refractivity contribution < 1.29 is 18.7 Å². The van der Waals surface area contributed by atoms with Crippen molar-refractivity contribution in [2.75, 3.05) is 36.0 Å². The first-order chi connectivity index (χ1) is 19.3. The van der Waals surface area contributed by atoms with Gasteiger partial charge in [-0.25, -0.2) is 4.39 Å². The summed E-state index contributed by atoms with van der Waals surface area (Å²) in [7, 11) is 0. The third-order valence-electron chi connectivity index (χ3n) is 7.49. The van der Waals surface area contributed by atoms with Gasteiger partial charge < -0.3 is 19.4 Å². The van der Waals surface area contributed by atoms with Crippen molar-refractivity contribution in [3.8, 4) is 5.75 Å². The summed E-state index contributed by atoms with van der Waals surface area (Å²) in [6.07, 6.45) is 0.832. The van der Waals surface area contributed by atoms with Crippen LogP contribution in [0.1, 0.15) is 62.5 Å². The van der Waals surface area contributed by atoms with Gasteiger partial charge in [0.1, 0.15) is 18.2 Å². The first-order valence-electron chi connectivity index (χ1n) is 13.9. The Morgan fingerprint density at radius 3 is 2.30 bits per heavy atom. The van der Waals surface area contributed by atoms with Crippen molar-refractivity contribution in [3.63, 3.8) is 0 Å². The van der Waals surface area contributed by atoms with Crippen LogP contribution in [-0.2, 0) is 4.79 Å². The van der Waals surface area contributed by atoms with E-state index in [0.29, 0.717) is 41.5 Å². The van der Waals surface area contributed by atoms with E-state index in [1.165, 1.54) is 24.3 Å². The van der Waals surface area contributed by atoms with E-state index in [-0.39, 0.29) is 23.9 Å². The van der Waals surface area contributed by atoms with E-state index in [9.17, 15) is 14.0 Å². The number of carbonyl (C=O) groups excluding carboxylic acids is 2. The van der Waals surface area contributed by atoms with Gasteiger partial charge in [-0.15, -0.1) is 0 Å². The summed E-state index contributed by atoms with van der Waals surface area (Å²) in [6, 6.07) is 18.0. The monoisotopic (exact) mass is 565 g/mol. The Kier molecular flexibility index (Phi) is 9.82. The number of benzene rings is 3. The molecule has 212 valence electrons. The third-order valence-corrected chi connectivity index (χ3v) is 7.74. The molecule has 0 N–H and O–H groups in total. The van der Waals surface area contributed by atoms with E-state index in [4.69, 9.17) is 16.3 Å². The Hall–Kier alpha value is -3.42. The predicted molar refractivity (Wildman–Crippen MR) is 159 cm³/mol. The molecule has 0 radical (unpaired) electrons. The molecule has 1 aliphatic heterocycles. The molecule has 0 unspecified atom stereocenters. The van der Waals surface area contributed by atoms with E-state index in [0.717, 1.165) is 30.9 Å². The van der Waals surface area contributed by atoms with Gasteiger partial charge in [0, 0.05) is 46.5 Å². The van der Waals surface area contributed by atoms with Gasteiger partial charge in [0.15, 0.2) is 0 Å². The number of halogens is 2. The van der Waals surface area contributed by atoms with Gasteiger partial charge in [-0.3, -0.25) is 9.59 Å². The summed E-state index contributed by atoms with van der Waals surface area (Å²) in [6.45, 7) is 11.3. The summed E-state index contributed by atoms with van der Waals surface area (Å²) < 4.78 is 19.8. The third kappa shape index (κ3) is 6.48. The van der Waals surface area contributed by atoms with Crippen LogP contribution >= 0.6 is 11.6 Å². The molecule has 6 nitrogen and oxygen atoms in total. The lowest BCUT2D eigenvalue weighted by Crippen LogP contribution is -2.47. The zero-order valence-electron chi connectivity index (χ0n) is 23.6. The van der Waals surface area contributed by atoms with E-state index in [2.05, 4.69) is 18.7 Å². The Balaban J connectivity index is 1.77. The second-order valence-electron chi connectivity index (χ2n) is 9.97. The minimum atomic E-state index is -0.396. The van der Waals surface area contributed by atoms with Gasteiger partial charge in [0.05, 0.1) is 6.04 Å². The summed E-state index contributed by atoms with van der Waals surface area (Å²) in [5.41, 5.74) is 2.67. The fourth-order valence-corrected chi connectivity index (χ4v) is 5.42. The molecule has 2 atom stereocenters. The number of likely N-dealkylation sites (N-methyl/N-ethyl adjacent to an activating group) is 1. The van der Waals surface area contributed by atoms with Gasteiger partial charge in [-0.1, -0.05) is 32.4 Å². The van der Waals surface area contributed by atoms with Gasteiger partial charge in [0.2, 0.25) is 5.91 Å². The van der Waals surface area contributed by atoms with E-state index in [1.807, 2.05) is 49.1 Å². The molecule has 8 heteroatoms. The van der Waals surface area contributed by atoms with E-state index >= 15 is 0 Å². The molecule has 0 fully saturated rings. The van der Waals surface area contributed by atoms with Crippen LogP contribution in [0, 0.1) is 5.82 Å². The summed E-state index contributed by atoms with van der Waals surface area (Å²) in [5.74, 6) is 0.0328. The van der Waals surface area contributed by atoms with Crippen LogP contribution in [-0.4, -0.2) is 49.0 Å². The lowest BCUT2D eigenvalue weighted by Gasteiger charge is -2.43. The average molecular weight is 566 g/mol. The van der Waals surface area contributed by atoms with Crippen molar-refractivity contribution in [2.45, 2.75) is 52.6 Å². The molecule has 0 saturated heterocycles. The SMILES string of the molecule is CCC(=O)N(c1ccc(Cl)cc1)[C@H]1C[C@@H](C)N(C(=O)c2ccc(F)cc2)c2ccc(OCCN(CC)CC)cc21. The van der Waals surface area contributed by atoms with Gasteiger partial charge in [0.25, 0.3) is 5.91 Å². The molecule has 3 aromatic rings. The van der Waals surface area contributed by atoms with Gasteiger partial charge in [-0.05, 0) is 93.2 Å². The molecule has 40 heavy (non-hydrogen) atoms. The molecule has 2 amide bonds. The molecule has 0 bridgehead atoms. The number of rotatable bonds is 10. The highest BCUT2D eigenvalue weighted by molar-refractivity contribution is 6.30. The van der Waals surface area contributed by atoms with Crippen molar-refractivity contribution in [1.82, 2.24) is 4.90 Å². The summed E-state index contributed by atoms with van der Waals surface area (Å²) >= 11 is 6.16. The quantitative estimate of drug-likeness (QED) is 0.262. The van der Waals surface area contributed by atoms with Gasteiger partial charge in [-0.2, -0.15) is 0 Å². The maximum atomic E-state index is 13.7. The first kappa shape index (κ1) is 29.6. The molecule has 0 aromatic heterocycles. The topological polar surface area (TPSA) is 53.1 Å². The Morgan fingerprint density at radius 1 is 1.00 bits per heavy atom. The molecule has 3 aromatic carbocycles. The van der Waals surface area contributed by atoms with Crippen molar-refractivity contribution >= 4 is 34.8 Å².